The van der Waals surface area contributed by atoms with Crippen LogP contribution in [0.4, 0.5) is 0 Å². The summed E-state index contributed by atoms with van der Waals surface area (Å²) in [5.41, 5.74) is 4.06. The van der Waals surface area contributed by atoms with Gasteiger partial charge in [0.25, 0.3) is 0 Å². The topological polar surface area (TPSA) is 28.2 Å². The standard InChI is InChI=1S/C20H15.2C2H6N.Zr/c1-14-13-16-8-3-5-11-18(16)20(14)19-12-6-9-15-7-2-4-10-17(15)19;2*1-3-2;/h2-13H,1H3;2*1-2H3;/q3*-1;+3. The molecule has 0 N–H and O–H groups in total. The summed E-state index contributed by atoms with van der Waals surface area (Å²) in [6, 6.07) is 26.1. The van der Waals surface area contributed by atoms with E-state index in [1.165, 1.54) is 38.2 Å². The molecule has 4 aromatic carbocycles. The largest absolute Gasteiger partial charge is 3.00 e. The Bertz CT molecular complexity index is 950. The van der Waals surface area contributed by atoms with Gasteiger partial charge in [0, 0.05) is 0 Å². The molecule has 0 bridgehead atoms. The van der Waals surface area contributed by atoms with E-state index in [1.54, 1.807) is 28.2 Å². The van der Waals surface area contributed by atoms with Gasteiger partial charge in [-0.1, -0.05) is 61.0 Å². The van der Waals surface area contributed by atoms with E-state index in [4.69, 9.17) is 0 Å². The molecular weight excluding hydrogens is 408 g/mol. The Kier molecular flexibility index (Phi) is 10.3. The molecule has 0 atom stereocenters. The number of hydrogen-bond acceptors (Lipinski definition) is 0. The van der Waals surface area contributed by atoms with Crippen molar-refractivity contribution in [3.05, 3.63) is 89.0 Å². The van der Waals surface area contributed by atoms with Crippen LogP contribution in [0.5, 0.6) is 0 Å². The number of aryl methyl sites for hydroxylation is 1. The summed E-state index contributed by atoms with van der Waals surface area (Å²) in [5.74, 6) is 0. The summed E-state index contributed by atoms with van der Waals surface area (Å²) in [7, 11) is 7.00. The molecule has 2 nitrogen and oxygen atoms in total. The maximum atomic E-state index is 3.50. The van der Waals surface area contributed by atoms with E-state index in [2.05, 4.69) is 90.4 Å². The summed E-state index contributed by atoms with van der Waals surface area (Å²) in [5, 5.41) is 12.3. The summed E-state index contributed by atoms with van der Waals surface area (Å²) in [6.45, 7) is 2.21. The Hall–Kier alpha value is -1.67. The molecule has 0 aliphatic heterocycles. The van der Waals surface area contributed by atoms with E-state index in [1.807, 2.05) is 0 Å². The minimum absolute atomic E-state index is 0. The fourth-order valence-electron chi connectivity index (χ4n) is 3.17. The second-order valence-electron chi connectivity index (χ2n) is 6.21. The average molecular weight is 435 g/mol. The molecule has 0 aromatic heterocycles. The smallest absolute Gasteiger partial charge is 0.668 e. The molecule has 1 radical (unpaired) electrons. The van der Waals surface area contributed by atoms with Gasteiger partial charge < -0.3 is 10.6 Å². The molecule has 0 heterocycles. The minimum atomic E-state index is 0. The molecule has 0 spiro atoms. The minimum Gasteiger partial charge on any atom is -0.668 e. The van der Waals surface area contributed by atoms with E-state index in [0.29, 0.717) is 0 Å². The first-order valence-electron chi connectivity index (χ1n) is 8.76. The Morgan fingerprint density at radius 2 is 1.19 bits per heavy atom. The summed E-state index contributed by atoms with van der Waals surface area (Å²) < 4.78 is 0. The van der Waals surface area contributed by atoms with Gasteiger partial charge in [0.1, 0.15) is 0 Å². The van der Waals surface area contributed by atoms with Crippen LogP contribution in [0.25, 0.3) is 43.3 Å². The maximum absolute atomic E-state index is 3.50. The predicted molar refractivity (Wildman–Crippen MR) is 118 cm³/mol. The molecule has 27 heavy (non-hydrogen) atoms. The number of hydrogen-bond donors (Lipinski definition) is 0. The van der Waals surface area contributed by atoms with Crippen molar-refractivity contribution in [3.8, 4) is 11.1 Å². The molecule has 0 amide bonds. The molecule has 4 aromatic rings. The van der Waals surface area contributed by atoms with Crippen LogP contribution in [0.1, 0.15) is 5.56 Å². The molecule has 0 fully saturated rings. The maximum Gasteiger partial charge on any atom is 3.00 e. The third kappa shape index (κ3) is 5.65. The van der Waals surface area contributed by atoms with Crippen LogP contribution in [0.3, 0.4) is 0 Å². The van der Waals surface area contributed by atoms with Crippen LogP contribution in [0.15, 0.2) is 72.8 Å². The molecule has 3 heteroatoms. The third-order valence-corrected chi connectivity index (χ3v) is 4.06. The first-order chi connectivity index (χ1) is 12.7. The van der Waals surface area contributed by atoms with Gasteiger partial charge in [0.05, 0.1) is 0 Å². The first kappa shape index (κ1) is 23.4. The van der Waals surface area contributed by atoms with Gasteiger partial charge in [-0.05, 0) is 10.8 Å². The zero-order valence-electron chi connectivity index (χ0n) is 16.8. The normalized spacial score (nSPS) is 9.67. The molecule has 137 valence electrons. The van der Waals surface area contributed by atoms with Crippen molar-refractivity contribution in [1.29, 1.82) is 0 Å². The number of nitrogens with zero attached hydrogens (tertiary/aromatic N) is 2. The first-order valence-corrected chi connectivity index (χ1v) is 8.76. The second-order valence-corrected chi connectivity index (χ2v) is 6.21. The molecule has 0 aliphatic carbocycles. The number of fused-ring (bicyclic) bond motifs is 2. The molecule has 4 rings (SSSR count). The number of benzene rings is 3. The van der Waals surface area contributed by atoms with E-state index in [9.17, 15) is 0 Å². The quantitative estimate of drug-likeness (QED) is 0.291. The Morgan fingerprint density at radius 1 is 0.667 bits per heavy atom. The summed E-state index contributed by atoms with van der Waals surface area (Å²) in [4.78, 5) is 0. The molecule has 0 saturated carbocycles. The van der Waals surface area contributed by atoms with Gasteiger partial charge in [-0.2, -0.15) is 28.2 Å². The monoisotopic (exact) mass is 433 g/mol. The third-order valence-electron chi connectivity index (χ3n) is 4.06. The van der Waals surface area contributed by atoms with Gasteiger partial charge in [-0.3, -0.25) is 0 Å². The summed E-state index contributed by atoms with van der Waals surface area (Å²) >= 11 is 0. The summed E-state index contributed by atoms with van der Waals surface area (Å²) in [6.07, 6.45) is 0. The van der Waals surface area contributed by atoms with Crippen molar-refractivity contribution < 1.29 is 26.2 Å². The van der Waals surface area contributed by atoms with Crippen LogP contribution in [-0.2, 0) is 26.2 Å². The molecule has 0 aliphatic rings. The SMILES string of the molecule is C[N-]C.C[N-]C.Cc1[cH-]c2ccccc2c1-c1cccc2ccccc12.[Zr+3]. The fraction of sp³-hybridized carbons (Fsp3) is 0.208. The van der Waals surface area contributed by atoms with Crippen LogP contribution in [-0.4, -0.2) is 28.2 Å². The van der Waals surface area contributed by atoms with Gasteiger partial charge >= 0.3 is 26.2 Å². The van der Waals surface area contributed by atoms with Gasteiger partial charge in [-0.25, -0.2) is 0 Å². The van der Waals surface area contributed by atoms with Gasteiger partial charge in [0.2, 0.25) is 0 Å². The Morgan fingerprint density at radius 3 is 1.85 bits per heavy atom. The van der Waals surface area contributed by atoms with E-state index >= 15 is 0 Å². The van der Waals surface area contributed by atoms with Crippen LogP contribution in [0, 0.1) is 6.92 Å². The van der Waals surface area contributed by atoms with Gasteiger partial charge in [0.15, 0.2) is 0 Å². The Balaban J connectivity index is 0.000000466. The Labute approximate surface area is 182 Å². The molecular formula is C24H27N2Zr. The zero-order chi connectivity index (χ0) is 18.9. The van der Waals surface area contributed by atoms with Crippen molar-refractivity contribution in [3.63, 3.8) is 0 Å². The van der Waals surface area contributed by atoms with Crippen molar-refractivity contribution in [2.24, 2.45) is 0 Å². The molecule has 0 saturated heterocycles. The molecule has 0 unspecified atom stereocenters. The van der Waals surface area contributed by atoms with Crippen LogP contribution in [0.2, 0.25) is 0 Å². The predicted octanol–water partition coefficient (Wildman–Crippen LogP) is 6.92. The van der Waals surface area contributed by atoms with Crippen LogP contribution >= 0.6 is 0 Å². The zero-order valence-corrected chi connectivity index (χ0v) is 19.3. The van der Waals surface area contributed by atoms with Crippen molar-refractivity contribution in [1.82, 2.24) is 0 Å². The van der Waals surface area contributed by atoms with Crippen LogP contribution < -0.4 is 0 Å². The second kappa shape index (κ2) is 11.9. The van der Waals surface area contributed by atoms with Crippen molar-refractivity contribution in [2.45, 2.75) is 6.92 Å². The average Bonchev–Trinajstić information content (AvgIpc) is 2.98. The van der Waals surface area contributed by atoms with E-state index in [-0.39, 0.29) is 26.2 Å². The fourth-order valence-corrected chi connectivity index (χ4v) is 3.17. The van der Waals surface area contributed by atoms with E-state index < -0.39 is 0 Å². The van der Waals surface area contributed by atoms with Gasteiger partial charge in [-0.15, -0.1) is 46.2 Å². The van der Waals surface area contributed by atoms with E-state index in [0.717, 1.165) is 0 Å². The van der Waals surface area contributed by atoms with Crippen molar-refractivity contribution >= 4 is 21.5 Å². The number of rotatable bonds is 1. The van der Waals surface area contributed by atoms with Crippen molar-refractivity contribution in [2.75, 3.05) is 28.2 Å².